The molecule has 1 amide bonds. The fourth-order valence-corrected chi connectivity index (χ4v) is 3.01. The summed E-state index contributed by atoms with van der Waals surface area (Å²) < 4.78 is 1.23. The molecule has 0 bridgehead atoms. The molecular weight excluding hydrogens is 325 g/mol. The molecule has 3 heteroatoms. The maximum absolute atomic E-state index is 12.2. The minimum atomic E-state index is -0.0566. The van der Waals surface area contributed by atoms with Gasteiger partial charge in [0.05, 0.1) is 0 Å². The van der Waals surface area contributed by atoms with Crippen molar-refractivity contribution in [3.05, 3.63) is 27.3 Å². The third-order valence-electron chi connectivity index (χ3n) is 3.33. The number of halogens is 1. The quantitative estimate of drug-likeness (QED) is 0.712. The van der Waals surface area contributed by atoms with Crippen LogP contribution in [-0.2, 0) is 10.2 Å². The Morgan fingerprint density at radius 3 is 2.59 bits per heavy atom. The summed E-state index contributed by atoms with van der Waals surface area (Å²) in [6, 6.07) is 6.58. The van der Waals surface area contributed by atoms with Crippen molar-refractivity contribution in [2.24, 2.45) is 0 Å². The van der Waals surface area contributed by atoms with Gasteiger partial charge in [0.15, 0.2) is 0 Å². The molecule has 0 N–H and O–H groups in total. The molecule has 1 aliphatic heterocycles. The number of nitrogens with zero attached hydrogens (tertiary/aromatic N) is 1. The van der Waals surface area contributed by atoms with Crippen molar-refractivity contribution in [3.8, 4) is 0 Å². The zero-order valence-electron chi connectivity index (χ0n) is 10.7. The van der Waals surface area contributed by atoms with Gasteiger partial charge in [0.2, 0.25) is 5.91 Å². The van der Waals surface area contributed by atoms with Crippen LogP contribution in [0.3, 0.4) is 0 Å². The number of hydrogen-bond acceptors (Lipinski definition) is 1. The number of fused-ring (bicyclic) bond motifs is 1. The maximum Gasteiger partial charge on any atom is 0.228 e. The Labute approximate surface area is 117 Å². The van der Waals surface area contributed by atoms with E-state index in [4.69, 9.17) is 0 Å². The number of hydrogen-bond donors (Lipinski definition) is 0. The SMILES string of the molecule is CC(C)N1C(=O)CC(C)(C)c2cc(I)ccc21. The van der Waals surface area contributed by atoms with Gasteiger partial charge in [-0.25, -0.2) is 0 Å². The van der Waals surface area contributed by atoms with Crippen molar-refractivity contribution in [1.29, 1.82) is 0 Å². The largest absolute Gasteiger partial charge is 0.310 e. The van der Waals surface area contributed by atoms with Gasteiger partial charge in [0, 0.05) is 27.1 Å². The van der Waals surface area contributed by atoms with E-state index in [1.807, 2.05) is 4.90 Å². The molecule has 0 aliphatic carbocycles. The first kappa shape index (κ1) is 12.9. The summed E-state index contributed by atoms with van der Waals surface area (Å²) in [5, 5.41) is 0. The summed E-state index contributed by atoms with van der Waals surface area (Å²) >= 11 is 2.33. The molecule has 2 nitrogen and oxygen atoms in total. The van der Waals surface area contributed by atoms with Gasteiger partial charge in [-0.2, -0.15) is 0 Å². The van der Waals surface area contributed by atoms with E-state index < -0.39 is 0 Å². The van der Waals surface area contributed by atoms with E-state index in [2.05, 4.69) is 68.5 Å². The summed E-state index contributed by atoms with van der Waals surface area (Å²) in [5.74, 6) is 0.235. The minimum absolute atomic E-state index is 0.0566. The van der Waals surface area contributed by atoms with Crippen LogP contribution in [0.1, 0.15) is 39.7 Å². The molecule has 0 saturated carbocycles. The van der Waals surface area contributed by atoms with E-state index >= 15 is 0 Å². The highest BCUT2D eigenvalue weighted by molar-refractivity contribution is 14.1. The molecule has 1 aromatic rings. The summed E-state index contributed by atoms with van der Waals surface area (Å²) in [6.07, 6.45) is 0.596. The lowest BCUT2D eigenvalue weighted by Gasteiger charge is -2.40. The molecular formula is C14H18INO. The van der Waals surface area contributed by atoms with E-state index in [9.17, 15) is 4.79 Å². The molecule has 0 aromatic heterocycles. The molecule has 0 atom stereocenters. The van der Waals surface area contributed by atoms with Gasteiger partial charge in [-0.15, -0.1) is 0 Å². The minimum Gasteiger partial charge on any atom is -0.310 e. The number of carbonyl (C=O) groups excluding carboxylic acids is 1. The summed E-state index contributed by atoms with van der Waals surface area (Å²) in [7, 11) is 0. The first-order valence-electron chi connectivity index (χ1n) is 5.95. The standard InChI is InChI=1S/C14H18INO/c1-9(2)16-12-6-5-10(15)7-11(12)14(3,4)8-13(16)17/h5-7,9H,8H2,1-4H3. The highest BCUT2D eigenvalue weighted by Gasteiger charge is 2.37. The second kappa shape index (κ2) is 4.26. The fourth-order valence-electron chi connectivity index (χ4n) is 2.52. The highest BCUT2D eigenvalue weighted by atomic mass is 127. The normalized spacial score (nSPS) is 18.5. The smallest absolute Gasteiger partial charge is 0.228 e. The van der Waals surface area contributed by atoms with Crippen LogP contribution in [0.5, 0.6) is 0 Å². The first-order valence-corrected chi connectivity index (χ1v) is 7.03. The number of rotatable bonds is 1. The second-order valence-corrected chi connectivity index (χ2v) is 6.83. The van der Waals surface area contributed by atoms with Crippen molar-refractivity contribution in [3.63, 3.8) is 0 Å². The monoisotopic (exact) mass is 343 g/mol. The lowest BCUT2D eigenvalue weighted by Crippen LogP contribution is -2.45. The third-order valence-corrected chi connectivity index (χ3v) is 4.00. The van der Waals surface area contributed by atoms with E-state index in [0.29, 0.717) is 6.42 Å². The Kier molecular flexibility index (Phi) is 3.23. The molecule has 92 valence electrons. The second-order valence-electron chi connectivity index (χ2n) is 5.58. The number of amides is 1. The first-order chi connectivity index (χ1) is 7.83. The summed E-state index contributed by atoms with van der Waals surface area (Å²) in [6.45, 7) is 8.44. The Morgan fingerprint density at radius 1 is 1.35 bits per heavy atom. The summed E-state index contributed by atoms with van der Waals surface area (Å²) in [4.78, 5) is 14.2. The molecule has 1 aliphatic rings. The molecule has 1 heterocycles. The van der Waals surface area contributed by atoms with Gasteiger partial charge in [0.1, 0.15) is 0 Å². The zero-order valence-corrected chi connectivity index (χ0v) is 12.9. The molecule has 0 spiro atoms. The van der Waals surface area contributed by atoms with Crippen LogP contribution >= 0.6 is 22.6 Å². The van der Waals surface area contributed by atoms with Crippen LogP contribution in [0.25, 0.3) is 0 Å². The van der Waals surface area contributed by atoms with Gasteiger partial charge in [-0.3, -0.25) is 4.79 Å². The van der Waals surface area contributed by atoms with Gasteiger partial charge >= 0.3 is 0 Å². The van der Waals surface area contributed by atoms with E-state index in [0.717, 1.165) is 5.69 Å². The van der Waals surface area contributed by atoms with Gasteiger partial charge < -0.3 is 4.90 Å². The van der Waals surface area contributed by atoms with Gasteiger partial charge in [0.25, 0.3) is 0 Å². The Bertz CT molecular complexity index is 465. The average Bonchev–Trinajstić information content (AvgIpc) is 2.17. The van der Waals surface area contributed by atoms with Crippen molar-refractivity contribution in [2.75, 3.05) is 4.90 Å². The topological polar surface area (TPSA) is 20.3 Å². The number of anilines is 1. The van der Waals surface area contributed by atoms with E-state index in [1.54, 1.807) is 0 Å². The van der Waals surface area contributed by atoms with E-state index in [1.165, 1.54) is 9.13 Å². The predicted molar refractivity (Wildman–Crippen MR) is 79.4 cm³/mol. The van der Waals surface area contributed by atoms with Gasteiger partial charge in [-0.05, 0) is 60.2 Å². The van der Waals surface area contributed by atoms with Crippen LogP contribution in [0.4, 0.5) is 5.69 Å². The number of carbonyl (C=O) groups is 1. The molecule has 0 fully saturated rings. The lowest BCUT2D eigenvalue weighted by atomic mass is 9.77. The predicted octanol–water partition coefficient (Wildman–Crippen LogP) is 3.71. The molecule has 1 aromatic carbocycles. The van der Waals surface area contributed by atoms with Crippen LogP contribution < -0.4 is 4.90 Å². The van der Waals surface area contributed by atoms with Crippen molar-refractivity contribution >= 4 is 34.2 Å². The van der Waals surface area contributed by atoms with Crippen LogP contribution in [0, 0.1) is 3.57 Å². The molecule has 2 rings (SSSR count). The molecule has 0 radical (unpaired) electrons. The highest BCUT2D eigenvalue weighted by Crippen LogP contribution is 2.41. The van der Waals surface area contributed by atoms with Crippen LogP contribution in [-0.4, -0.2) is 11.9 Å². The summed E-state index contributed by atoms with van der Waals surface area (Å²) in [5.41, 5.74) is 2.32. The Balaban J connectivity index is 2.63. The molecule has 0 unspecified atom stereocenters. The van der Waals surface area contributed by atoms with Crippen molar-refractivity contribution in [2.45, 2.75) is 45.6 Å². The third kappa shape index (κ3) is 2.21. The zero-order chi connectivity index (χ0) is 12.8. The Morgan fingerprint density at radius 2 is 2.00 bits per heavy atom. The molecule has 0 saturated heterocycles. The van der Waals surface area contributed by atoms with Crippen LogP contribution in [0.15, 0.2) is 18.2 Å². The molecule has 17 heavy (non-hydrogen) atoms. The lowest BCUT2D eigenvalue weighted by molar-refractivity contribution is -0.120. The van der Waals surface area contributed by atoms with Crippen molar-refractivity contribution < 1.29 is 4.79 Å². The number of benzene rings is 1. The van der Waals surface area contributed by atoms with Gasteiger partial charge in [-0.1, -0.05) is 13.8 Å². The maximum atomic E-state index is 12.2. The fraction of sp³-hybridized carbons (Fsp3) is 0.500. The Hall–Kier alpha value is -0.580. The average molecular weight is 343 g/mol. The van der Waals surface area contributed by atoms with Crippen molar-refractivity contribution in [1.82, 2.24) is 0 Å². The van der Waals surface area contributed by atoms with Crippen LogP contribution in [0.2, 0.25) is 0 Å². The van der Waals surface area contributed by atoms with E-state index in [-0.39, 0.29) is 17.4 Å².